The van der Waals surface area contributed by atoms with Gasteiger partial charge >= 0.3 is 5.97 Å². The highest BCUT2D eigenvalue weighted by atomic mass is 19.1. The van der Waals surface area contributed by atoms with Crippen molar-refractivity contribution in [1.29, 1.82) is 0 Å². The summed E-state index contributed by atoms with van der Waals surface area (Å²) in [7, 11) is 0. The van der Waals surface area contributed by atoms with Crippen LogP contribution in [0.1, 0.15) is 10.4 Å². The van der Waals surface area contributed by atoms with E-state index >= 15 is 0 Å². The van der Waals surface area contributed by atoms with Gasteiger partial charge in [0.1, 0.15) is 11.6 Å². The normalized spacial score (nSPS) is 10.3. The maximum atomic E-state index is 13.6. The molecule has 2 aromatic rings. The maximum Gasteiger partial charge on any atom is 0.335 e. The molecular weight excluding hydrogens is 240 g/mol. The fourth-order valence-electron chi connectivity index (χ4n) is 1.65. The van der Waals surface area contributed by atoms with Crippen molar-refractivity contribution >= 4 is 11.7 Å². The van der Waals surface area contributed by atoms with Crippen LogP contribution in [0.4, 0.5) is 14.5 Å². The number of carboxylic acid groups (broad SMARTS) is 1. The minimum atomic E-state index is -1.16. The van der Waals surface area contributed by atoms with Gasteiger partial charge in [-0.1, -0.05) is 0 Å². The summed E-state index contributed by atoms with van der Waals surface area (Å²) in [4.78, 5) is 10.9. The molecule has 5 heteroatoms. The molecule has 2 rings (SSSR count). The average Bonchev–Trinajstić information content (AvgIpc) is 2.27. The van der Waals surface area contributed by atoms with E-state index in [1.54, 1.807) is 0 Å². The molecule has 3 nitrogen and oxygen atoms in total. The lowest BCUT2D eigenvalue weighted by Gasteiger charge is -2.06. The quantitative estimate of drug-likeness (QED) is 0.804. The van der Waals surface area contributed by atoms with Gasteiger partial charge in [0.2, 0.25) is 0 Å². The molecule has 0 spiro atoms. The number of carbonyl (C=O) groups is 1. The lowest BCUT2D eigenvalue weighted by atomic mass is 10.0. The van der Waals surface area contributed by atoms with Crippen molar-refractivity contribution in [2.45, 2.75) is 0 Å². The Morgan fingerprint density at radius 2 is 1.83 bits per heavy atom. The molecular formula is C13H9F2NO2. The second-order valence-electron chi connectivity index (χ2n) is 3.77. The third-order valence-electron chi connectivity index (χ3n) is 2.44. The SMILES string of the molecule is Nc1cc(C(=O)O)cc(-c2ccc(F)cc2F)c1. The van der Waals surface area contributed by atoms with Crippen LogP contribution in [-0.2, 0) is 0 Å². The first-order valence-electron chi connectivity index (χ1n) is 5.06. The van der Waals surface area contributed by atoms with Crippen molar-refractivity contribution < 1.29 is 18.7 Å². The van der Waals surface area contributed by atoms with Crippen LogP contribution < -0.4 is 5.73 Å². The summed E-state index contributed by atoms with van der Waals surface area (Å²) in [6, 6.07) is 7.07. The number of nitrogen functional groups attached to an aromatic ring is 1. The van der Waals surface area contributed by atoms with E-state index in [-0.39, 0.29) is 16.8 Å². The first-order chi connectivity index (χ1) is 8.47. The molecule has 0 amide bonds. The molecule has 0 aliphatic carbocycles. The van der Waals surface area contributed by atoms with Gasteiger partial charge in [0, 0.05) is 17.3 Å². The average molecular weight is 249 g/mol. The van der Waals surface area contributed by atoms with E-state index in [2.05, 4.69) is 0 Å². The monoisotopic (exact) mass is 249 g/mol. The van der Waals surface area contributed by atoms with E-state index in [1.165, 1.54) is 24.3 Å². The molecule has 0 aliphatic rings. The van der Waals surface area contributed by atoms with Crippen LogP contribution in [0.15, 0.2) is 36.4 Å². The lowest BCUT2D eigenvalue weighted by molar-refractivity contribution is 0.0697. The molecule has 0 radical (unpaired) electrons. The predicted octanol–water partition coefficient (Wildman–Crippen LogP) is 2.91. The molecule has 0 atom stereocenters. The van der Waals surface area contributed by atoms with Gasteiger partial charge in [0.05, 0.1) is 5.56 Å². The van der Waals surface area contributed by atoms with Crippen LogP contribution in [0.25, 0.3) is 11.1 Å². The zero-order valence-corrected chi connectivity index (χ0v) is 9.15. The number of carboxylic acids is 1. The van der Waals surface area contributed by atoms with Crippen LogP contribution in [0.5, 0.6) is 0 Å². The molecule has 0 aliphatic heterocycles. The molecule has 0 heterocycles. The van der Waals surface area contributed by atoms with Crippen molar-refractivity contribution in [1.82, 2.24) is 0 Å². The standard InChI is InChI=1S/C13H9F2NO2/c14-9-1-2-11(12(15)6-9)7-3-8(13(17)18)5-10(16)4-7/h1-6H,16H2,(H,17,18). The summed E-state index contributed by atoms with van der Waals surface area (Å²) in [5.74, 6) is -2.62. The van der Waals surface area contributed by atoms with Crippen LogP contribution in [0.2, 0.25) is 0 Å². The molecule has 0 aromatic heterocycles. The number of aromatic carboxylic acids is 1. The van der Waals surface area contributed by atoms with E-state index < -0.39 is 17.6 Å². The van der Waals surface area contributed by atoms with Gasteiger partial charge in [0.25, 0.3) is 0 Å². The summed E-state index contributed by atoms with van der Waals surface area (Å²) >= 11 is 0. The van der Waals surface area contributed by atoms with E-state index in [9.17, 15) is 13.6 Å². The van der Waals surface area contributed by atoms with Crippen LogP contribution >= 0.6 is 0 Å². The van der Waals surface area contributed by atoms with Gasteiger partial charge in [-0.25, -0.2) is 13.6 Å². The summed E-state index contributed by atoms with van der Waals surface area (Å²) in [6.07, 6.45) is 0. The van der Waals surface area contributed by atoms with Crippen molar-refractivity contribution in [3.63, 3.8) is 0 Å². The molecule has 0 saturated heterocycles. The minimum absolute atomic E-state index is 0.0475. The van der Waals surface area contributed by atoms with E-state index in [1.807, 2.05) is 0 Å². The highest BCUT2D eigenvalue weighted by Gasteiger charge is 2.11. The second kappa shape index (κ2) is 4.44. The van der Waals surface area contributed by atoms with Gasteiger partial charge in [-0.15, -0.1) is 0 Å². The van der Waals surface area contributed by atoms with Gasteiger partial charge in [-0.2, -0.15) is 0 Å². The van der Waals surface area contributed by atoms with Crippen LogP contribution in [0, 0.1) is 11.6 Å². The Bertz CT molecular complexity index is 626. The Morgan fingerprint density at radius 3 is 2.44 bits per heavy atom. The smallest absolute Gasteiger partial charge is 0.335 e. The zero-order valence-electron chi connectivity index (χ0n) is 9.15. The number of hydrogen-bond acceptors (Lipinski definition) is 2. The van der Waals surface area contributed by atoms with Gasteiger partial charge in [-0.3, -0.25) is 0 Å². The number of anilines is 1. The third kappa shape index (κ3) is 2.29. The Labute approximate surface area is 101 Å². The molecule has 3 N–H and O–H groups in total. The first-order valence-corrected chi connectivity index (χ1v) is 5.06. The third-order valence-corrected chi connectivity index (χ3v) is 2.44. The Kier molecular flexibility index (Phi) is 2.97. The first kappa shape index (κ1) is 12.0. The Morgan fingerprint density at radius 1 is 1.11 bits per heavy atom. The van der Waals surface area contributed by atoms with Gasteiger partial charge in [-0.05, 0) is 35.9 Å². The highest BCUT2D eigenvalue weighted by Crippen LogP contribution is 2.26. The molecule has 92 valence electrons. The number of nitrogens with two attached hydrogens (primary N) is 1. The van der Waals surface area contributed by atoms with Crippen molar-refractivity contribution in [2.75, 3.05) is 5.73 Å². The molecule has 18 heavy (non-hydrogen) atoms. The topological polar surface area (TPSA) is 63.3 Å². The summed E-state index contributed by atoms with van der Waals surface area (Å²) in [5.41, 5.74) is 6.11. The van der Waals surface area contributed by atoms with Crippen molar-refractivity contribution in [2.24, 2.45) is 0 Å². The van der Waals surface area contributed by atoms with Crippen LogP contribution in [0.3, 0.4) is 0 Å². The number of rotatable bonds is 2. The summed E-state index contributed by atoms with van der Waals surface area (Å²) in [6.45, 7) is 0. The van der Waals surface area contributed by atoms with Crippen molar-refractivity contribution in [3.05, 3.63) is 53.6 Å². The van der Waals surface area contributed by atoms with E-state index in [0.29, 0.717) is 5.56 Å². The fraction of sp³-hybridized carbons (Fsp3) is 0. The molecule has 0 bridgehead atoms. The minimum Gasteiger partial charge on any atom is -0.478 e. The number of benzene rings is 2. The van der Waals surface area contributed by atoms with Gasteiger partial charge < -0.3 is 10.8 Å². The molecule has 0 unspecified atom stereocenters. The Balaban J connectivity index is 2.60. The van der Waals surface area contributed by atoms with E-state index in [0.717, 1.165) is 12.1 Å². The predicted molar refractivity (Wildman–Crippen MR) is 63.2 cm³/mol. The van der Waals surface area contributed by atoms with Gasteiger partial charge in [0.15, 0.2) is 0 Å². The summed E-state index contributed by atoms with van der Waals surface area (Å²) < 4.78 is 26.4. The number of hydrogen-bond donors (Lipinski definition) is 2. The van der Waals surface area contributed by atoms with Crippen molar-refractivity contribution in [3.8, 4) is 11.1 Å². The highest BCUT2D eigenvalue weighted by molar-refractivity contribution is 5.91. The molecule has 2 aromatic carbocycles. The summed E-state index contributed by atoms with van der Waals surface area (Å²) in [5, 5.41) is 8.88. The molecule has 0 fully saturated rings. The van der Waals surface area contributed by atoms with E-state index in [4.69, 9.17) is 10.8 Å². The fourth-order valence-corrected chi connectivity index (χ4v) is 1.65. The second-order valence-corrected chi connectivity index (χ2v) is 3.77. The largest absolute Gasteiger partial charge is 0.478 e. The lowest BCUT2D eigenvalue weighted by Crippen LogP contribution is -1.99. The number of halogens is 2. The zero-order chi connectivity index (χ0) is 13.3. The van der Waals surface area contributed by atoms with Crippen LogP contribution in [-0.4, -0.2) is 11.1 Å². The Hall–Kier alpha value is -2.43. The maximum absolute atomic E-state index is 13.6. The molecule has 0 saturated carbocycles.